The van der Waals surface area contributed by atoms with Crippen molar-refractivity contribution >= 4 is 68.1 Å². The molecule has 134 valence electrons. The van der Waals surface area contributed by atoms with Crippen LogP contribution in [0.5, 0.6) is 0 Å². The Bertz CT molecular complexity index is 933. The molecule has 0 aliphatic heterocycles. The van der Waals surface area contributed by atoms with Gasteiger partial charge in [0, 0.05) is 5.02 Å². The maximum absolute atomic E-state index is 13.0. The molecule has 0 fully saturated rings. The molecule has 1 unspecified atom stereocenters. The number of carboxylic acids is 1. The molecule has 2 aromatic carbocycles. The quantitative estimate of drug-likeness (QED) is 0.709. The summed E-state index contributed by atoms with van der Waals surface area (Å²) < 4.78 is 26.8. The minimum atomic E-state index is -4.29. The molecule has 1 atom stereocenters. The van der Waals surface area contributed by atoms with E-state index in [1.54, 1.807) is 0 Å². The first-order valence-corrected chi connectivity index (χ1v) is 9.68. The number of anilines is 1. The lowest BCUT2D eigenvalue weighted by molar-refractivity contribution is -0.137. The van der Waals surface area contributed by atoms with Crippen LogP contribution >= 0.6 is 46.4 Å². The van der Waals surface area contributed by atoms with Gasteiger partial charge in [0.05, 0.1) is 25.7 Å². The molecule has 2 rings (SSSR count). The van der Waals surface area contributed by atoms with E-state index in [2.05, 4.69) is 0 Å². The van der Waals surface area contributed by atoms with E-state index >= 15 is 0 Å². The van der Waals surface area contributed by atoms with Crippen LogP contribution in [0.3, 0.4) is 0 Å². The van der Waals surface area contributed by atoms with Crippen LogP contribution in [0.2, 0.25) is 20.1 Å². The standard InChI is InChI=1S/C15H11Cl4NO4S/c1-8(15(21)22)20(14-5-2-9(16)6-13(14)19)25(23,24)10-3-4-11(17)12(18)7-10/h2-8H,1H3,(H,21,22). The molecule has 0 saturated carbocycles. The van der Waals surface area contributed by atoms with Gasteiger partial charge in [-0.15, -0.1) is 0 Å². The average Bonchev–Trinajstić information content (AvgIpc) is 2.51. The molecule has 1 N–H and O–H groups in total. The van der Waals surface area contributed by atoms with E-state index in [1.165, 1.54) is 37.3 Å². The molecule has 0 amide bonds. The van der Waals surface area contributed by atoms with Crippen molar-refractivity contribution in [2.45, 2.75) is 17.9 Å². The third-order valence-electron chi connectivity index (χ3n) is 3.30. The Hall–Kier alpha value is -1.18. The molecule has 25 heavy (non-hydrogen) atoms. The number of hydrogen-bond donors (Lipinski definition) is 1. The van der Waals surface area contributed by atoms with Crippen LogP contribution in [0.4, 0.5) is 5.69 Å². The predicted molar refractivity (Wildman–Crippen MR) is 99.7 cm³/mol. The predicted octanol–water partition coefficient (Wildman–Crippen LogP) is 4.97. The number of rotatable bonds is 5. The summed E-state index contributed by atoms with van der Waals surface area (Å²) >= 11 is 23.6. The number of hydrogen-bond acceptors (Lipinski definition) is 3. The van der Waals surface area contributed by atoms with Crippen LogP contribution in [0.25, 0.3) is 0 Å². The molecule has 0 aromatic heterocycles. The van der Waals surface area contributed by atoms with Crippen molar-refractivity contribution in [2.24, 2.45) is 0 Å². The molecule has 0 bridgehead atoms. The summed E-state index contributed by atoms with van der Waals surface area (Å²) in [4.78, 5) is 11.2. The number of halogens is 4. The fourth-order valence-electron chi connectivity index (χ4n) is 2.06. The molecule has 0 aliphatic rings. The number of benzene rings is 2. The molecule has 2 aromatic rings. The second-order valence-electron chi connectivity index (χ2n) is 4.99. The van der Waals surface area contributed by atoms with Crippen LogP contribution in [-0.2, 0) is 14.8 Å². The highest BCUT2D eigenvalue weighted by atomic mass is 35.5. The summed E-state index contributed by atoms with van der Waals surface area (Å²) in [6, 6.07) is 6.32. The smallest absolute Gasteiger partial charge is 0.327 e. The second-order valence-corrected chi connectivity index (χ2v) is 8.46. The highest BCUT2D eigenvalue weighted by Crippen LogP contribution is 2.35. The molecule has 0 saturated heterocycles. The first-order chi connectivity index (χ1) is 11.6. The molecule has 10 heteroatoms. The Morgan fingerprint density at radius 3 is 2.16 bits per heavy atom. The topological polar surface area (TPSA) is 74.7 Å². The van der Waals surface area contributed by atoms with Gasteiger partial charge in [-0.25, -0.2) is 13.2 Å². The largest absolute Gasteiger partial charge is 0.480 e. The Kier molecular flexibility index (Phi) is 6.12. The molecule has 0 radical (unpaired) electrons. The highest BCUT2D eigenvalue weighted by Gasteiger charge is 2.35. The zero-order valence-electron chi connectivity index (χ0n) is 12.6. The lowest BCUT2D eigenvalue weighted by atomic mass is 10.2. The maximum atomic E-state index is 13.0. The van der Waals surface area contributed by atoms with E-state index in [9.17, 15) is 18.3 Å². The SMILES string of the molecule is CC(C(=O)O)N(c1ccc(Cl)cc1Cl)S(=O)(=O)c1ccc(Cl)c(Cl)c1. The first kappa shape index (κ1) is 20.1. The first-order valence-electron chi connectivity index (χ1n) is 6.73. The van der Waals surface area contributed by atoms with Crippen molar-refractivity contribution in [3.8, 4) is 0 Å². The van der Waals surface area contributed by atoms with Gasteiger partial charge in [0.2, 0.25) is 0 Å². The van der Waals surface area contributed by atoms with Crippen molar-refractivity contribution in [3.63, 3.8) is 0 Å². The van der Waals surface area contributed by atoms with Crippen molar-refractivity contribution in [1.82, 2.24) is 0 Å². The zero-order chi connectivity index (χ0) is 18.9. The lowest BCUT2D eigenvalue weighted by Gasteiger charge is -2.29. The van der Waals surface area contributed by atoms with Gasteiger partial charge in [0.1, 0.15) is 6.04 Å². The monoisotopic (exact) mass is 441 g/mol. The van der Waals surface area contributed by atoms with E-state index in [1.807, 2.05) is 0 Å². The van der Waals surface area contributed by atoms with Crippen LogP contribution < -0.4 is 4.31 Å². The van der Waals surface area contributed by atoms with Gasteiger partial charge in [-0.05, 0) is 43.3 Å². The number of sulfonamides is 1. The minimum absolute atomic E-state index is 0.00997. The summed E-state index contributed by atoms with van der Waals surface area (Å²) in [5, 5.41) is 9.81. The molecule has 0 aliphatic carbocycles. The van der Waals surface area contributed by atoms with Gasteiger partial charge in [-0.2, -0.15) is 0 Å². The van der Waals surface area contributed by atoms with Crippen molar-refractivity contribution < 1.29 is 18.3 Å². The lowest BCUT2D eigenvalue weighted by Crippen LogP contribution is -2.43. The number of carbonyl (C=O) groups is 1. The van der Waals surface area contributed by atoms with Crippen molar-refractivity contribution in [3.05, 3.63) is 56.5 Å². The van der Waals surface area contributed by atoms with Crippen LogP contribution in [0.1, 0.15) is 6.92 Å². The molecule has 0 heterocycles. The van der Waals surface area contributed by atoms with Gasteiger partial charge in [0.15, 0.2) is 0 Å². The molecular formula is C15H11Cl4NO4S. The second kappa shape index (κ2) is 7.60. The zero-order valence-corrected chi connectivity index (χ0v) is 16.4. The van der Waals surface area contributed by atoms with Crippen molar-refractivity contribution in [1.29, 1.82) is 0 Å². The van der Waals surface area contributed by atoms with Crippen LogP contribution in [0, 0.1) is 0 Å². The molecular weight excluding hydrogens is 432 g/mol. The van der Waals surface area contributed by atoms with E-state index < -0.39 is 22.0 Å². The normalized spacial score (nSPS) is 12.7. The Morgan fingerprint density at radius 2 is 1.64 bits per heavy atom. The van der Waals surface area contributed by atoms with Gasteiger partial charge in [0.25, 0.3) is 10.0 Å². The Labute approximate surface area is 164 Å². The number of nitrogens with zero attached hydrogens (tertiary/aromatic N) is 1. The van der Waals surface area contributed by atoms with Gasteiger partial charge >= 0.3 is 5.97 Å². The van der Waals surface area contributed by atoms with Crippen molar-refractivity contribution in [2.75, 3.05) is 4.31 Å². The Morgan fingerprint density at radius 1 is 1.00 bits per heavy atom. The summed E-state index contributed by atoms with van der Waals surface area (Å²) in [5.41, 5.74) is -0.0213. The fraction of sp³-hybridized carbons (Fsp3) is 0.133. The van der Waals surface area contributed by atoms with Gasteiger partial charge < -0.3 is 5.11 Å². The fourth-order valence-corrected chi connectivity index (χ4v) is 4.63. The summed E-state index contributed by atoms with van der Waals surface area (Å²) in [7, 11) is -4.29. The molecule has 0 spiro atoms. The van der Waals surface area contributed by atoms with E-state index in [-0.39, 0.29) is 30.7 Å². The number of carboxylic acid groups (broad SMARTS) is 1. The summed E-state index contributed by atoms with van der Waals surface area (Å²) in [6.45, 7) is 1.22. The van der Waals surface area contributed by atoms with E-state index in [0.29, 0.717) is 4.31 Å². The minimum Gasteiger partial charge on any atom is -0.480 e. The van der Waals surface area contributed by atoms with Crippen LogP contribution in [-0.4, -0.2) is 25.5 Å². The summed E-state index contributed by atoms with van der Waals surface area (Å²) in [6.07, 6.45) is 0. The maximum Gasteiger partial charge on any atom is 0.327 e. The van der Waals surface area contributed by atoms with Gasteiger partial charge in [-0.3, -0.25) is 4.31 Å². The Balaban J connectivity index is 2.69. The average molecular weight is 443 g/mol. The highest BCUT2D eigenvalue weighted by molar-refractivity contribution is 7.93. The number of aliphatic carboxylic acids is 1. The molecule has 5 nitrogen and oxygen atoms in total. The van der Waals surface area contributed by atoms with E-state index in [4.69, 9.17) is 46.4 Å². The van der Waals surface area contributed by atoms with Crippen LogP contribution in [0.15, 0.2) is 41.3 Å². The van der Waals surface area contributed by atoms with E-state index in [0.717, 1.165) is 6.07 Å². The van der Waals surface area contributed by atoms with Gasteiger partial charge in [-0.1, -0.05) is 46.4 Å². The summed E-state index contributed by atoms with van der Waals surface area (Å²) in [5.74, 6) is -1.35. The third-order valence-corrected chi connectivity index (χ3v) is 6.46. The third kappa shape index (κ3) is 4.15.